The van der Waals surface area contributed by atoms with Crippen molar-refractivity contribution in [3.8, 4) is 0 Å². The highest BCUT2D eigenvalue weighted by molar-refractivity contribution is 5.75. The maximum atomic E-state index is 11.5. The fourth-order valence-corrected chi connectivity index (χ4v) is 3.29. The molecule has 1 aromatic rings. The van der Waals surface area contributed by atoms with Gasteiger partial charge in [-0.05, 0) is 12.3 Å². The number of hydrogen-bond donors (Lipinski definition) is 2. The third kappa shape index (κ3) is 5.09. The van der Waals surface area contributed by atoms with Crippen LogP contribution in [0.5, 0.6) is 0 Å². The van der Waals surface area contributed by atoms with Crippen molar-refractivity contribution < 1.29 is 14.5 Å². The first-order valence-corrected chi connectivity index (χ1v) is 8.48. The maximum absolute atomic E-state index is 11.5. The van der Waals surface area contributed by atoms with E-state index in [2.05, 4.69) is 10.1 Å². The number of amides is 1. The van der Waals surface area contributed by atoms with Crippen LogP contribution in [0.4, 0.5) is 0 Å². The van der Waals surface area contributed by atoms with E-state index >= 15 is 0 Å². The van der Waals surface area contributed by atoms with Gasteiger partial charge in [-0.25, -0.2) is 5.48 Å². The standard InChI is InChI=1S/C16H27N3O3/c1-2-14-17-16(22-19-14)13(11-15(20)18-21)10-6-9-12-7-4-3-5-8-12/h12-13,21H,2-11H2,1H3,(H,18,20). The van der Waals surface area contributed by atoms with Crippen molar-refractivity contribution in [2.45, 2.75) is 77.0 Å². The zero-order valence-corrected chi connectivity index (χ0v) is 13.4. The summed E-state index contributed by atoms with van der Waals surface area (Å²) in [6.07, 6.45) is 10.7. The van der Waals surface area contributed by atoms with Crippen LogP contribution in [-0.2, 0) is 11.2 Å². The fraction of sp³-hybridized carbons (Fsp3) is 0.812. The first-order valence-electron chi connectivity index (χ1n) is 8.48. The first-order chi connectivity index (χ1) is 10.7. The molecule has 0 spiro atoms. The summed E-state index contributed by atoms with van der Waals surface area (Å²) in [5.74, 6) is 1.50. The van der Waals surface area contributed by atoms with Crippen molar-refractivity contribution in [1.82, 2.24) is 15.6 Å². The second kappa shape index (κ2) is 8.88. The van der Waals surface area contributed by atoms with Crippen molar-refractivity contribution in [3.05, 3.63) is 11.7 Å². The van der Waals surface area contributed by atoms with Gasteiger partial charge in [0.2, 0.25) is 11.8 Å². The number of carbonyl (C=O) groups excluding carboxylic acids is 1. The molecule has 124 valence electrons. The second-order valence-electron chi connectivity index (χ2n) is 6.27. The summed E-state index contributed by atoms with van der Waals surface area (Å²) in [7, 11) is 0. The Labute approximate surface area is 131 Å². The Hall–Kier alpha value is -1.43. The Kier molecular flexibility index (Phi) is 6.83. The quantitative estimate of drug-likeness (QED) is 0.568. The lowest BCUT2D eigenvalue weighted by molar-refractivity contribution is -0.129. The van der Waals surface area contributed by atoms with Gasteiger partial charge in [-0.2, -0.15) is 4.98 Å². The van der Waals surface area contributed by atoms with Crippen LogP contribution in [0.2, 0.25) is 0 Å². The Morgan fingerprint density at radius 2 is 2.18 bits per heavy atom. The molecule has 2 rings (SSSR count). The van der Waals surface area contributed by atoms with Gasteiger partial charge in [0.15, 0.2) is 5.82 Å². The van der Waals surface area contributed by atoms with E-state index in [0.717, 1.165) is 18.8 Å². The van der Waals surface area contributed by atoms with E-state index in [1.165, 1.54) is 38.5 Å². The minimum Gasteiger partial charge on any atom is -0.339 e. The van der Waals surface area contributed by atoms with Crippen LogP contribution in [0.25, 0.3) is 0 Å². The molecule has 2 N–H and O–H groups in total. The minimum atomic E-state index is -0.404. The molecule has 1 aromatic heterocycles. The molecule has 0 bridgehead atoms. The van der Waals surface area contributed by atoms with Crippen molar-refractivity contribution in [2.24, 2.45) is 5.92 Å². The van der Waals surface area contributed by atoms with Gasteiger partial charge in [-0.3, -0.25) is 10.0 Å². The highest BCUT2D eigenvalue weighted by atomic mass is 16.5. The lowest BCUT2D eigenvalue weighted by Gasteiger charge is -2.22. The summed E-state index contributed by atoms with van der Waals surface area (Å²) in [5, 5.41) is 12.7. The largest absolute Gasteiger partial charge is 0.339 e. The van der Waals surface area contributed by atoms with Crippen molar-refractivity contribution in [2.75, 3.05) is 0 Å². The van der Waals surface area contributed by atoms with E-state index in [0.29, 0.717) is 18.1 Å². The normalized spacial score (nSPS) is 17.4. The molecule has 0 aromatic carbocycles. The van der Waals surface area contributed by atoms with Gasteiger partial charge in [-0.15, -0.1) is 0 Å². The summed E-state index contributed by atoms with van der Waals surface area (Å²) in [6, 6.07) is 0. The number of carbonyl (C=O) groups is 1. The van der Waals surface area contributed by atoms with Crippen LogP contribution in [0, 0.1) is 5.92 Å². The van der Waals surface area contributed by atoms with Gasteiger partial charge < -0.3 is 4.52 Å². The Morgan fingerprint density at radius 3 is 2.82 bits per heavy atom. The number of nitrogens with zero attached hydrogens (tertiary/aromatic N) is 2. The predicted octanol–water partition coefficient (Wildman–Crippen LogP) is 3.36. The molecule has 1 aliphatic carbocycles. The van der Waals surface area contributed by atoms with E-state index in [4.69, 9.17) is 9.73 Å². The third-order valence-electron chi connectivity index (χ3n) is 4.60. The van der Waals surface area contributed by atoms with E-state index in [9.17, 15) is 4.79 Å². The van der Waals surface area contributed by atoms with E-state index in [-0.39, 0.29) is 12.3 Å². The molecule has 22 heavy (non-hydrogen) atoms. The molecule has 1 aliphatic rings. The van der Waals surface area contributed by atoms with Crippen LogP contribution in [0.3, 0.4) is 0 Å². The van der Waals surface area contributed by atoms with Crippen LogP contribution in [0.1, 0.15) is 82.3 Å². The van der Waals surface area contributed by atoms with Crippen molar-refractivity contribution >= 4 is 5.91 Å². The van der Waals surface area contributed by atoms with Gasteiger partial charge in [0.05, 0.1) is 0 Å². The average Bonchev–Trinajstić information content (AvgIpc) is 3.03. The fourth-order valence-electron chi connectivity index (χ4n) is 3.29. The van der Waals surface area contributed by atoms with Gasteiger partial charge >= 0.3 is 0 Å². The third-order valence-corrected chi connectivity index (χ3v) is 4.60. The molecule has 0 aliphatic heterocycles. The zero-order valence-electron chi connectivity index (χ0n) is 13.4. The van der Waals surface area contributed by atoms with Crippen LogP contribution in [0.15, 0.2) is 4.52 Å². The summed E-state index contributed by atoms with van der Waals surface area (Å²) in [4.78, 5) is 15.8. The Bertz CT molecular complexity index is 455. The summed E-state index contributed by atoms with van der Waals surface area (Å²) >= 11 is 0. The van der Waals surface area contributed by atoms with E-state index < -0.39 is 5.91 Å². The molecule has 0 radical (unpaired) electrons. The molecule has 1 heterocycles. The zero-order chi connectivity index (χ0) is 15.8. The Morgan fingerprint density at radius 1 is 1.41 bits per heavy atom. The van der Waals surface area contributed by atoms with Gasteiger partial charge in [0, 0.05) is 18.8 Å². The lowest BCUT2D eigenvalue weighted by Crippen LogP contribution is -2.21. The van der Waals surface area contributed by atoms with Crippen LogP contribution < -0.4 is 5.48 Å². The number of nitrogens with one attached hydrogen (secondary N) is 1. The maximum Gasteiger partial charge on any atom is 0.244 e. The van der Waals surface area contributed by atoms with Gasteiger partial charge in [0.1, 0.15) is 0 Å². The average molecular weight is 309 g/mol. The molecule has 1 atom stereocenters. The lowest BCUT2D eigenvalue weighted by atomic mass is 9.84. The molecular weight excluding hydrogens is 282 g/mol. The Balaban J connectivity index is 1.87. The number of aromatic nitrogens is 2. The minimum absolute atomic E-state index is 0.108. The van der Waals surface area contributed by atoms with Crippen LogP contribution in [-0.4, -0.2) is 21.3 Å². The number of aryl methyl sites for hydroxylation is 1. The summed E-state index contributed by atoms with van der Waals surface area (Å²) in [6.45, 7) is 1.97. The molecular formula is C16H27N3O3. The van der Waals surface area contributed by atoms with Gasteiger partial charge in [0.25, 0.3) is 0 Å². The topological polar surface area (TPSA) is 88.2 Å². The number of hydrogen-bond acceptors (Lipinski definition) is 5. The highest BCUT2D eigenvalue weighted by Crippen LogP contribution is 2.31. The van der Waals surface area contributed by atoms with Crippen molar-refractivity contribution in [3.63, 3.8) is 0 Å². The molecule has 1 fully saturated rings. The molecule has 6 nitrogen and oxygen atoms in total. The van der Waals surface area contributed by atoms with Crippen molar-refractivity contribution in [1.29, 1.82) is 0 Å². The number of rotatable bonds is 8. The van der Waals surface area contributed by atoms with Gasteiger partial charge in [-0.1, -0.05) is 57.0 Å². The second-order valence-corrected chi connectivity index (χ2v) is 6.27. The molecule has 1 saturated carbocycles. The molecule has 6 heteroatoms. The SMILES string of the molecule is CCc1noc(C(CCCC2CCCCC2)CC(=O)NO)n1. The predicted molar refractivity (Wildman–Crippen MR) is 81.4 cm³/mol. The van der Waals surface area contributed by atoms with E-state index in [1.54, 1.807) is 5.48 Å². The van der Waals surface area contributed by atoms with E-state index in [1.807, 2.05) is 6.92 Å². The molecule has 0 saturated heterocycles. The monoisotopic (exact) mass is 309 g/mol. The number of hydroxylamine groups is 1. The smallest absolute Gasteiger partial charge is 0.244 e. The summed E-state index contributed by atoms with van der Waals surface area (Å²) in [5.41, 5.74) is 1.70. The highest BCUT2D eigenvalue weighted by Gasteiger charge is 2.23. The first kappa shape index (κ1) is 16.9. The van der Waals surface area contributed by atoms with Crippen LogP contribution >= 0.6 is 0 Å². The molecule has 1 amide bonds. The molecule has 1 unspecified atom stereocenters. The summed E-state index contributed by atoms with van der Waals surface area (Å²) < 4.78 is 5.28.